The Labute approximate surface area is 85.8 Å². The predicted octanol–water partition coefficient (Wildman–Crippen LogP) is 2.05. The molecule has 0 atom stereocenters. The van der Waals surface area contributed by atoms with Crippen LogP contribution in [0.15, 0.2) is 12.2 Å². The summed E-state index contributed by atoms with van der Waals surface area (Å²) >= 11 is 0. The maximum atomic E-state index is 11.1. The first kappa shape index (κ1) is 13.2. The van der Waals surface area contributed by atoms with Gasteiger partial charge in [-0.25, -0.2) is 4.79 Å². The molecule has 0 saturated heterocycles. The van der Waals surface area contributed by atoms with Gasteiger partial charge in [-0.2, -0.15) is 0 Å². The third kappa shape index (κ3) is 9.26. The van der Waals surface area contributed by atoms with Crippen molar-refractivity contribution in [1.29, 1.82) is 0 Å². The van der Waals surface area contributed by atoms with E-state index in [2.05, 4.69) is 0 Å². The van der Waals surface area contributed by atoms with Crippen molar-refractivity contribution in [1.82, 2.24) is 0 Å². The van der Waals surface area contributed by atoms with E-state index in [0.717, 1.165) is 19.3 Å². The van der Waals surface area contributed by atoms with Crippen LogP contribution < -0.4 is 0 Å². The van der Waals surface area contributed by atoms with Gasteiger partial charge in [0.25, 0.3) is 0 Å². The monoisotopic (exact) mass is 200 g/mol. The quantitative estimate of drug-likeness (QED) is 0.419. The van der Waals surface area contributed by atoms with Crippen molar-refractivity contribution in [2.45, 2.75) is 45.6 Å². The Morgan fingerprint density at radius 3 is 2.50 bits per heavy atom. The van der Waals surface area contributed by atoms with E-state index in [1.807, 2.05) is 20.8 Å². The Hall–Kier alpha value is -0.830. The van der Waals surface area contributed by atoms with Gasteiger partial charge in [0, 0.05) is 12.7 Å². The summed E-state index contributed by atoms with van der Waals surface area (Å²) in [7, 11) is 0. The average Bonchev–Trinajstić information content (AvgIpc) is 2.00. The lowest BCUT2D eigenvalue weighted by Crippen LogP contribution is -2.22. The van der Waals surface area contributed by atoms with Crippen molar-refractivity contribution < 1.29 is 14.6 Å². The number of rotatable bonds is 5. The lowest BCUT2D eigenvalue weighted by molar-refractivity contribution is -0.148. The third-order valence-corrected chi connectivity index (χ3v) is 1.44. The van der Waals surface area contributed by atoms with E-state index in [-0.39, 0.29) is 12.6 Å². The van der Waals surface area contributed by atoms with Crippen molar-refractivity contribution in [2.75, 3.05) is 6.61 Å². The molecule has 0 spiro atoms. The molecule has 0 heterocycles. The highest BCUT2D eigenvalue weighted by Crippen LogP contribution is 2.07. The number of hydrogen-bond donors (Lipinski definition) is 1. The first-order valence-corrected chi connectivity index (χ1v) is 4.96. The van der Waals surface area contributed by atoms with Crippen LogP contribution in [0.5, 0.6) is 0 Å². The molecule has 0 unspecified atom stereocenters. The average molecular weight is 200 g/mol. The molecule has 0 aliphatic carbocycles. The summed E-state index contributed by atoms with van der Waals surface area (Å²) in [5.74, 6) is -0.304. The van der Waals surface area contributed by atoms with Gasteiger partial charge in [0.1, 0.15) is 5.60 Å². The van der Waals surface area contributed by atoms with Gasteiger partial charge < -0.3 is 9.84 Å². The standard InChI is InChI=1S/C11H20O3/c1-11(2,3)14-10(13)8-6-4-5-7-9-12/h6,8,12H,4-5,7,9H2,1-3H3/b8-6+. The van der Waals surface area contributed by atoms with Gasteiger partial charge >= 0.3 is 5.97 Å². The highest BCUT2D eigenvalue weighted by atomic mass is 16.6. The minimum Gasteiger partial charge on any atom is -0.457 e. The molecule has 82 valence electrons. The molecule has 14 heavy (non-hydrogen) atoms. The summed E-state index contributed by atoms with van der Waals surface area (Å²) in [6, 6.07) is 0. The highest BCUT2D eigenvalue weighted by molar-refractivity contribution is 5.82. The summed E-state index contributed by atoms with van der Waals surface area (Å²) < 4.78 is 5.07. The van der Waals surface area contributed by atoms with Crippen molar-refractivity contribution in [2.24, 2.45) is 0 Å². The predicted molar refractivity (Wildman–Crippen MR) is 55.9 cm³/mol. The number of aliphatic hydroxyl groups excluding tert-OH is 1. The second-order valence-corrected chi connectivity index (χ2v) is 4.16. The van der Waals surface area contributed by atoms with E-state index in [1.165, 1.54) is 6.08 Å². The first-order chi connectivity index (χ1) is 6.45. The molecular weight excluding hydrogens is 180 g/mol. The number of carbonyl (C=O) groups excluding carboxylic acids is 1. The van der Waals surface area contributed by atoms with Crippen LogP contribution in [-0.2, 0) is 9.53 Å². The van der Waals surface area contributed by atoms with Crippen LogP contribution in [0.2, 0.25) is 0 Å². The number of ether oxygens (including phenoxy) is 1. The zero-order valence-corrected chi connectivity index (χ0v) is 9.25. The van der Waals surface area contributed by atoms with Crippen molar-refractivity contribution in [3.05, 3.63) is 12.2 Å². The molecule has 0 aromatic heterocycles. The Kier molecular flexibility index (Phi) is 6.21. The van der Waals surface area contributed by atoms with Crippen LogP contribution in [0.1, 0.15) is 40.0 Å². The lowest BCUT2D eigenvalue weighted by Gasteiger charge is -2.17. The molecule has 0 aliphatic heterocycles. The molecular formula is C11H20O3. The highest BCUT2D eigenvalue weighted by Gasteiger charge is 2.13. The molecule has 3 heteroatoms. The van der Waals surface area contributed by atoms with Gasteiger partial charge in [0.2, 0.25) is 0 Å². The van der Waals surface area contributed by atoms with Gasteiger partial charge in [-0.1, -0.05) is 6.08 Å². The molecule has 0 rings (SSSR count). The zero-order chi connectivity index (χ0) is 11.0. The number of aliphatic hydroxyl groups is 1. The molecule has 0 bridgehead atoms. The van der Waals surface area contributed by atoms with E-state index < -0.39 is 5.60 Å². The van der Waals surface area contributed by atoms with Gasteiger partial charge in [0.15, 0.2) is 0 Å². The molecule has 1 N–H and O–H groups in total. The maximum absolute atomic E-state index is 11.1. The minimum atomic E-state index is -0.424. The second kappa shape index (κ2) is 6.60. The molecule has 0 aliphatic rings. The fourth-order valence-electron chi connectivity index (χ4n) is 0.889. The number of allylic oxidation sites excluding steroid dienone is 1. The summed E-state index contributed by atoms with van der Waals surface area (Å²) in [4.78, 5) is 11.1. The van der Waals surface area contributed by atoms with Gasteiger partial charge in [0.05, 0.1) is 0 Å². The number of hydrogen-bond acceptors (Lipinski definition) is 3. The SMILES string of the molecule is CC(C)(C)OC(=O)/C=C/CCCCO. The van der Waals surface area contributed by atoms with Crippen LogP contribution >= 0.6 is 0 Å². The van der Waals surface area contributed by atoms with Gasteiger partial charge in [-0.05, 0) is 40.0 Å². The fourth-order valence-corrected chi connectivity index (χ4v) is 0.889. The fraction of sp³-hybridized carbons (Fsp3) is 0.727. The largest absolute Gasteiger partial charge is 0.457 e. The number of unbranched alkanes of at least 4 members (excludes halogenated alkanes) is 2. The van der Waals surface area contributed by atoms with Gasteiger partial charge in [-0.3, -0.25) is 0 Å². The van der Waals surface area contributed by atoms with Crippen LogP contribution in [-0.4, -0.2) is 23.3 Å². The van der Waals surface area contributed by atoms with Crippen LogP contribution in [0.3, 0.4) is 0 Å². The summed E-state index contributed by atoms with van der Waals surface area (Å²) in [5.41, 5.74) is -0.424. The Morgan fingerprint density at radius 2 is 2.00 bits per heavy atom. The third-order valence-electron chi connectivity index (χ3n) is 1.44. The lowest BCUT2D eigenvalue weighted by atomic mass is 10.2. The molecule has 0 fully saturated rings. The summed E-state index contributed by atoms with van der Waals surface area (Å²) in [6.07, 6.45) is 5.71. The van der Waals surface area contributed by atoms with E-state index in [4.69, 9.17) is 9.84 Å². The molecule has 0 radical (unpaired) electrons. The van der Waals surface area contributed by atoms with E-state index in [1.54, 1.807) is 6.08 Å². The molecule has 0 saturated carbocycles. The van der Waals surface area contributed by atoms with Crippen LogP contribution in [0.4, 0.5) is 0 Å². The molecule has 0 amide bonds. The summed E-state index contributed by atoms with van der Waals surface area (Å²) in [6.45, 7) is 5.72. The Bertz CT molecular complexity index is 189. The van der Waals surface area contributed by atoms with E-state index in [9.17, 15) is 4.79 Å². The van der Waals surface area contributed by atoms with Crippen molar-refractivity contribution in [3.63, 3.8) is 0 Å². The first-order valence-electron chi connectivity index (χ1n) is 4.96. The number of esters is 1. The Morgan fingerprint density at radius 1 is 1.36 bits per heavy atom. The van der Waals surface area contributed by atoms with E-state index in [0.29, 0.717) is 0 Å². The summed E-state index contributed by atoms with van der Waals surface area (Å²) in [5, 5.41) is 8.51. The van der Waals surface area contributed by atoms with Crippen LogP contribution in [0, 0.1) is 0 Å². The second-order valence-electron chi connectivity index (χ2n) is 4.16. The van der Waals surface area contributed by atoms with E-state index >= 15 is 0 Å². The molecule has 0 aromatic carbocycles. The van der Waals surface area contributed by atoms with Crippen LogP contribution in [0.25, 0.3) is 0 Å². The smallest absolute Gasteiger partial charge is 0.330 e. The van der Waals surface area contributed by atoms with Crippen molar-refractivity contribution in [3.8, 4) is 0 Å². The maximum Gasteiger partial charge on any atom is 0.330 e. The Balaban J connectivity index is 3.61. The topological polar surface area (TPSA) is 46.5 Å². The normalized spacial score (nSPS) is 12.0. The molecule has 0 aromatic rings. The minimum absolute atomic E-state index is 0.209. The number of carbonyl (C=O) groups is 1. The van der Waals surface area contributed by atoms with Gasteiger partial charge in [-0.15, -0.1) is 0 Å². The molecule has 3 nitrogen and oxygen atoms in total. The van der Waals surface area contributed by atoms with Crippen molar-refractivity contribution >= 4 is 5.97 Å². The zero-order valence-electron chi connectivity index (χ0n) is 9.25.